The summed E-state index contributed by atoms with van der Waals surface area (Å²) in [5.74, 6) is 0.0175. The number of nitrogens with one attached hydrogen (secondary N) is 1. The van der Waals surface area contributed by atoms with Crippen molar-refractivity contribution in [2.75, 3.05) is 6.54 Å². The molecule has 0 bridgehead atoms. The maximum Gasteiger partial charge on any atom is 0.223 e. The van der Waals surface area contributed by atoms with Crippen LogP contribution in [0.4, 0.5) is 0 Å². The highest BCUT2D eigenvalue weighted by Gasteiger charge is 2.30. The Morgan fingerprint density at radius 3 is 2.96 bits per heavy atom. The van der Waals surface area contributed by atoms with Crippen molar-refractivity contribution in [3.63, 3.8) is 0 Å². The fraction of sp³-hybridized carbons (Fsp3) is 0.529. The Kier molecular flexibility index (Phi) is 5.88. The summed E-state index contributed by atoms with van der Waals surface area (Å²) in [6, 6.07) is -0.0429. The molecular formula is C17H23N7O2. The van der Waals surface area contributed by atoms with Crippen LogP contribution in [0.2, 0.25) is 0 Å². The monoisotopic (exact) mass is 357 g/mol. The molecule has 1 saturated heterocycles. The van der Waals surface area contributed by atoms with Crippen LogP contribution in [0.25, 0.3) is 0 Å². The van der Waals surface area contributed by atoms with Gasteiger partial charge in [-0.2, -0.15) is 5.10 Å². The highest BCUT2D eigenvalue weighted by atomic mass is 16.2. The van der Waals surface area contributed by atoms with Crippen LogP contribution in [0.3, 0.4) is 0 Å². The van der Waals surface area contributed by atoms with Crippen molar-refractivity contribution >= 4 is 11.8 Å². The van der Waals surface area contributed by atoms with Crippen molar-refractivity contribution in [2.45, 2.75) is 51.7 Å². The third-order valence-corrected chi connectivity index (χ3v) is 4.38. The zero-order valence-corrected chi connectivity index (χ0v) is 14.8. The Labute approximate surface area is 151 Å². The summed E-state index contributed by atoms with van der Waals surface area (Å²) in [7, 11) is 0. The van der Waals surface area contributed by atoms with Crippen LogP contribution in [-0.2, 0) is 22.7 Å². The molecule has 1 fully saturated rings. The lowest BCUT2D eigenvalue weighted by molar-refractivity contribution is -0.132. The van der Waals surface area contributed by atoms with Crippen LogP contribution in [0.1, 0.15) is 50.0 Å². The van der Waals surface area contributed by atoms with Gasteiger partial charge in [0, 0.05) is 26.4 Å². The lowest BCUT2D eigenvalue weighted by atomic mass is 10.1. The Morgan fingerprint density at radius 1 is 1.31 bits per heavy atom. The molecule has 9 nitrogen and oxygen atoms in total. The van der Waals surface area contributed by atoms with Crippen LogP contribution in [0, 0.1) is 0 Å². The van der Waals surface area contributed by atoms with Crippen molar-refractivity contribution in [1.82, 2.24) is 34.9 Å². The number of nitrogens with zero attached hydrogens (tertiary/aromatic N) is 6. The van der Waals surface area contributed by atoms with Crippen molar-refractivity contribution in [2.24, 2.45) is 0 Å². The summed E-state index contributed by atoms with van der Waals surface area (Å²) in [5.41, 5.74) is 1.48. The first-order chi connectivity index (χ1) is 12.6. The van der Waals surface area contributed by atoms with Crippen LogP contribution in [0.15, 0.2) is 25.0 Å². The van der Waals surface area contributed by atoms with E-state index < -0.39 is 0 Å². The van der Waals surface area contributed by atoms with Crippen LogP contribution >= 0.6 is 0 Å². The van der Waals surface area contributed by atoms with Crippen molar-refractivity contribution in [3.05, 3.63) is 36.4 Å². The Morgan fingerprint density at radius 2 is 2.19 bits per heavy atom. The second kappa shape index (κ2) is 8.50. The number of amides is 2. The summed E-state index contributed by atoms with van der Waals surface area (Å²) < 4.78 is 1.73. The van der Waals surface area contributed by atoms with Gasteiger partial charge in [-0.15, -0.1) is 0 Å². The molecule has 138 valence electrons. The van der Waals surface area contributed by atoms with E-state index in [9.17, 15) is 9.59 Å². The third-order valence-electron chi connectivity index (χ3n) is 4.38. The van der Waals surface area contributed by atoms with Crippen LogP contribution in [-0.4, -0.2) is 48.0 Å². The largest absolute Gasteiger partial charge is 0.351 e. The van der Waals surface area contributed by atoms with Gasteiger partial charge in [-0.3, -0.25) is 24.2 Å². The minimum Gasteiger partial charge on any atom is -0.351 e. The molecule has 3 rings (SSSR count). The van der Waals surface area contributed by atoms with Crippen molar-refractivity contribution < 1.29 is 9.59 Å². The lowest BCUT2D eigenvalue weighted by Gasteiger charge is -2.24. The van der Waals surface area contributed by atoms with E-state index >= 15 is 0 Å². The zero-order chi connectivity index (χ0) is 18.4. The zero-order valence-electron chi connectivity index (χ0n) is 14.8. The first-order valence-corrected chi connectivity index (χ1v) is 8.80. The van der Waals surface area contributed by atoms with Gasteiger partial charge in [0.2, 0.25) is 11.8 Å². The van der Waals surface area contributed by atoms with E-state index in [0.717, 1.165) is 31.5 Å². The Balaban J connectivity index is 1.59. The minimum absolute atomic E-state index is 0.0429. The highest BCUT2D eigenvalue weighted by Crippen LogP contribution is 2.31. The fourth-order valence-corrected chi connectivity index (χ4v) is 3.14. The molecule has 9 heteroatoms. The van der Waals surface area contributed by atoms with E-state index in [1.54, 1.807) is 23.4 Å². The molecule has 1 aliphatic heterocycles. The molecule has 0 aromatic carbocycles. The smallest absolute Gasteiger partial charge is 0.223 e. The van der Waals surface area contributed by atoms with Crippen molar-refractivity contribution in [3.8, 4) is 0 Å². The number of aryl methyl sites for hydroxylation is 1. The maximum absolute atomic E-state index is 12.6. The highest BCUT2D eigenvalue weighted by molar-refractivity contribution is 5.77. The first kappa shape index (κ1) is 18.0. The molecule has 26 heavy (non-hydrogen) atoms. The van der Waals surface area contributed by atoms with Gasteiger partial charge < -0.3 is 10.2 Å². The summed E-state index contributed by atoms with van der Waals surface area (Å²) >= 11 is 0. The number of hydrogen-bond donors (Lipinski definition) is 1. The molecule has 1 atom stereocenters. The average Bonchev–Trinajstić information content (AvgIpc) is 3.32. The molecule has 2 amide bonds. The number of rotatable bonds is 7. The molecule has 0 spiro atoms. The number of carbonyl (C=O) groups excluding carboxylic acids is 2. The minimum atomic E-state index is -0.109. The molecule has 2 aromatic rings. The molecular weight excluding hydrogens is 334 g/mol. The molecule has 1 N–H and O–H groups in total. The molecule has 0 aliphatic carbocycles. The van der Waals surface area contributed by atoms with Crippen LogP contribution < -0.4 is 5.32 Å². The van der Waals surface area contributed by atoms with E-state index in [1.165, 1.54) is 13.3 Å². The molecule has 0 saturated carbocycles. The van der Waals surface area contributed by atoms with Gasteiger partial charge in [0.25, 0.3) is 0 Å². The number of likely N-dealkylation sites (tertiary alicyclic amines) is 1. The quantitative estimate of drug-likeness (QED) is 0.787. The lowest BCUT2D eigenvalue weighted by Crippen LogP contribution is -2.31. The topological polar surface area (TPSA) is 106 Å². The summed E-state index contributed by atoms with van der Waals surface area (Å²) in [5, 5.41) is 6.76. The summed E-state index contributed by atoms with van der Waals surface area (Å²) in [6.07, 6.45) is 9.52. The van der Waals surface area contributed by atoms with Gasteiger partial charge in [0.1, 0.15) is 12.7 Å². The van der Waals surface area contributed by atoms with E-state index in [4.69, 9.17) is 0 Å². The van der Waals surface area contributed by atoms with Crippen molar-refractivity contribution in [1.29, 1.82) is 0 Å². The molecule has 3 heterocycles. The van der Waals surface area contributed by atoms with Gasteiger partial charge >= 0.3 is 0 Å². The van der Waals surface area contributed by atoms with E-state index in [-0.39, 0.29) is 17.9 Å². The number of carbonyl (C=O) groups is 2. The molecule has 0 unspecified atom stereocenters. The Bertz CT molecular complexity index is 747. The van der Waals surface area contributed by atoms with E-state index in [2.05, 4.69) is 25.4 Å². The molecule has 1 aliphatic rings. The second-order valence-corrected chi connectivity index (χ2v) is 6.35. The molecule has 2 aromatic heterocycles. The van der Waals surface area contributed by atoms with Gasteiger partial charge in [0.15, 0.2) is 0 Å². The number of aromatic nitrogens is 5. The van der Waals surface area contributed by atoms with Gasteiger partial charge in [0.05, 0.1) is 36.4 Å². The predicted molar refractivity (Wildman–Crippen MR) is 92.5 cm³/mol. The average molecular weight is 357 g/mol. The third kappa shape index (κ3) is 4.62. The Hall–Kier alpha value is -2.84. The number of hydrogen-bond acceptors (Lipinski definition) is 6. The second-order valence-electron chi connectivity index (χ2n) is 6.35. The van der Waals surface area contributed by atoms with E-state index in [0.29, 0.717) is 25.2 Å². The maximum atomic E-state index is 12.6. The normalized spacial score (nSPS) is 16.7. The standard InChI is InChI=1S/C17H23N7O2/c1-13(25)20-9-14-8-18-10-15(22-14)16-4-2-7-24(16)17(26)5-3-6-23-12-19-11-21-23/h8,10-12,16H,2-7,9H2,1H3,(H,20,25)/t16-/m0/s1. The first-order valence-electron chi connectivity index (χ1n) is 8.80. The predicted octanol–water partition coefficient (Wildman–Crippen LogP) is 0.848. The summed E-state index contributed by atoms with van der Waals surface area (Å²) in [6.45, 7) is 3.23. The van der Waals surface area contributed by atoms with Gasteiger partial charge in [-0.05, 0) is 19.3 Å². The van der Waals surface area contributed by atoms with Gasteiger partial charge in [-0.25, -0.2) is 4.98 Å². The summed E-state index contributed by atoms with van der Waals surface area (Å²) in [4.78, 5) is 38.3. The van der Waals surface area contributed by atoms with Crippen LogP contribution in [0.5, 0.6) is 0 Å². The SMILES string of the molecule is CC(=O)NCc1cncc([C@@H]2CCCN2C(=O)CCCn2cncn2)n1. The van der Waals surface area contributed by atoms with E-state index in [1.807, 2.05) is 4.90 Å². The fourth-order valence-electron chi connectivity index (χ4n) is 3.14. The molecule has 0 radical (unpaired) electrons. The van der Waals surface area contributed by atoms with Gasteiger partial charge in [-0.1, -0.05) is 0 Å².